The quantitative estimate of drug-likeness (QED) is 0.931. The first-order valence-electron chi connectivity index (χ1n) is 6.10. The van der Waals surface area contributed by atoms with Crippen LogP contribution in [0.4, 0.5) is 10.2 Å². The molecule has 0 saturated carbocycles. The van der Waals surface area contributed by atoms with Crippen molar-refractivity contribution in [2.75, 3.05) is 5.32 Å². The van der Waals surface area contributed by atoms with Crippen LogP contribution in [0.3, 0.4) is 0 Å². The summed E-state index contributed by atoms with van der Waals surface area (Å²) in [6, 6.07) is 4.47. The molecule has 2 aromatic heterocycles. The van der Waals surface area contributed by atoms with E-state index in [2.05, 4.69) is 15.3 Å². The Labute approximate surface area is 115 Å². The summed E-state index contributed by atoms with van der Waals surface area (Å²) in [7, 11) is 0. The van der Waals surface area contributed by atoms with Gasteiger partial charge in [0.1, 0.15) is 23.1 Å². The molecule has 0 fully saturated rings. The zero-order chi connectivity index (χ0) is 14.5. The Balaban J connectivity index is 2.03. The average Bonchev–Trinajstić information content (AvgIpc) is 2.41. The molecule has 104 valence electrons. The van der Waals surface area contributed by atoms with E-state index in [0.29, 0.717) is 11.6 Å². The predicted octanol–water partition coefficient (Wildman–Crippen LogP) is 3.00. The molecule has 1 amide bonds. The van der Waals surface area contributed by atoms with Gasteiger partial charge in [0.05, 0.1) is 18.6 Å². The number of nitrogens with zero attached hydrogens (tertiary/aromatic N) is 2. The fourth-order valence-corrected chi connectivity index (χ4v) is 1.37. The summed E-state index contributed by atoms with van der Waals surface area (Å²) >= 11 is 0. The number of nitrogens with one attached hydrogen (secondary N) is 1. The molecule has 2 heterocycles. The molecule has 1 N–H and O–H groups in total. The molecule has 0 aromatic carbocycles. The Bertz CT molecular complexity index is 600. The van der Waals surface area contributed by atoms with Crippen LogP contribution in [0.15, 0.2) is 36.8 Å². The van der Waals surface area contributed by atoms with Gasteiger partial charge < -0.3 is 10.1 Å². The van der Waals surface area contributed by atoms with Crippen molar-refractivity contribution >= 4 is 11.7 Å². The Morgan fingerprint density at radius 2 is 2.05 bits per heavy atom. The number of aromatic nitrogens is 2. The monoisotopic (exact) mass is 275 g/mol. The number of carbonyl (C=O) groups excluding carboxylic acids is 1. The Morgan fingerprint density at radius 3 is 2.65 bits per heavy atom. The molecule has 0 spiro atoms. The summed E-state index contributed by atoms with van der Waals surface area (Å²) < 4.78 is 18.3. The molecule has 0 aliphatic rings. The SMILES string of the molecule is CC(C)C(=O)Nc1ccc(Oc2cncc(F)c2)cn1. The van der Waals surface area contributed by atoms with E-state index >= 15 is 0 Å². The summed E-state index contributed by atoms with van der Waals surface area (Å²) in [6.07, 6.45) is 3.94. The van der Waals surface area contributed by atoms with Crippen LogP contribution < -0.4 is 10.1 Å². The van der Waals surface area contributed by atoms with Crippen LogP contribution >= 0.6 is 0 Å². The Kier molecular flexibility index (Phi) is 4.24. The van der Waals surface area contributed by atoms with E-state index in [0.717, 1.165) is 6.20 Å². The minimum atomic E-state index is -0.476. The molecule has 20 heavy (non-hydrogen) atoms. The summed E-state index contributed by atoms with van der Waals surface area (Å²) in [6.45, 7) is 3.59. The van der Waals surface area contributed by atoms with Gasteiger partial charge in [-0.05, 0) is 12.1 Å². The Morgan fingerprint density at radius 1 is 1.25 bits per heavy atom. The van der Waals surface area contributed by atoms with Gasteiger partial charge in [-0.2, -0.15) is 0 Å². The van der Waals surface area contributed by atoms with Crippen molar-refractivity contribution in [2.24, 2.45) is 5.92 Å². The van der Waals surface area contributed by atoms with Gasteiger partial charge in [0.15, 0.2) is 0 Å². The highest BCUT2D eigenvalue weighted by atomic mass is 19.1. The molecule has 5 nitrogen and oxygen atoms in total. The van der Waals surface area contributed by atoms with Crippen LogP contribution in [0.5, 0.6) is 11.5 Å². The molecule has 2 rings (SSSR count). The molecular weight excluding hydrogens is 261 g/mol. The summed E-state index contributed by atoms with van der Waals surface area (Å²) in [5.41, 5.74) is 0. The third-order valence-electron chi connectivity index (χ3n) is 2.43. The second-order valence-electron chi connectivity index (χ2n) is 4.46. The highest BCUT2D eigenvalue weighted by Gasteiger charge is 2.08. The van der Waals surface area contributed by atoms with Gasteiger partial charge in [-0.1, -0.05) is 13.8 Å². The van der Waals surface area contributed by atoms with Crippen molar-refractivity contribution in [1.82, 2.24) is 9.97 Å². The number of amides is 1. The lowest BCUT2D eigenvalue weighted by atomic mass is 10.2. The lowest BCUT2D eigenvalue weighted by molar-refractivity contribution is -0.118. The fraction of sp³-hybridized carbons (Fsp3) is 0.214. The van der Waals surface area contributed by atoms with Crippen molar-refractivity contribution in [3.05, 3.63) is 42.6 Å². The van der Waals surface area contributed by atoms with Crippen LogP contribution in [0.25, 0.3) is 0 Å². The summed E-state index contributed by atoms with van der Waals surface area (Å²) in [4.78, 5) is 19.2. The van der Waals surface area contributed by atoms with E-state index < -0.39 is 5.82 Å². The number of anilines is 1. The maximum absolute atomic E-state index is 12.9. The molecule has 0 radical (unpaired) electrons. The van der Waals surface area contributed by atoms with Crippen LogP contribution in [0.1, 0.15) is 13.8 Å². The largest absolute Gasteiger partial charge is 0.454 e. The number of pyridine rings is 2. The number of hydrogen-bond donors (Lipinski definition) is 1. The van der Waals surface area contributed by atoms with E-state index in [9.17, 15) is 9.18 Å². The molecule has 0 saturated heterocycles. The topological polar surface area (TPSA) is 64.1 Å². The molecule has 0 aliphatic carbocycles. The van der Waals surface area contributed by atoms with Crippen molar-refractivity contribution < 1.29 is 13.9 Å². The van der Waals surface area contributed by atoms with E-state index in [4.69, 9.17) is 4.74 Å². The number of rotatable bonds is 4. The second-order valence-corrected chi connectivity index (χ2v) is 4.46. The van der Waals surface area contributed by atoms with E-state index in [1.807, 2.05) is 0 Å². The van der Waals surface area contributed by atoms with Gasteiger partial charge in [-0.15, -0.1) is 0 Å². The maximum atomic E-state index is 12.9. The molecular formula is C14H14FN3O2. The van der Waals surface area contributed by atoms with E-state index in [-0.39, 0.29) is 17.6 Å². The predicted molar refractivity (Wildman–Crippen MR) is 72.0 cm³/mol. The van der Waals surface area contributed by atoms with Crippen LogP contribution in [0, 0.1) is 11.7 Å². The van der Waals surface area contributed by atoms with Gasteiger partial charge in [0.25, 0.3) is 0 Å². The number of carbonyl (C=O) groups is 1. The van der Waals surface area contributed by atoms with E-state index in [1.165, 1.54) is 18.5 Å². The van der Waals surface area contributed by atoms with Crippen molar-refractivity contribution in [2.45, 2.75) is 13.8 Å². The third kappa shape index (κ3) is 3.74. The van der Waals surface area contributed by atoms with Crippen molar-refractivity contribution in [1.29, 1.82) is 0 Å². The van der Waals surface area contributed by atoms with Gasteiger partial charge in [-0.25, -0.2) is 9.37 Å². The van der Waals surface area contributed by atoms with E-state index in [1.54, 1.807) is 26.0 Å². The van der Waals surface area contributed by atoms with Gasteiger partial charge in [0, 0.05) is 12.0 Å². The highest BCUT2D eigenvalue weighted by molar-refractivity contribution is 5.91. The zero-order valence-electron chi connectivity index (χ0n) is 11.1. The van der Waals surface area contributed by atoms with Crippen LogP contribution in [-0.2, 0) is 4.79 Å². The van der Waals surface area contributed by atoms with Crippen LogP contribution in [-0.4, -0.2) is 15.9 Å². The summed E-state index contributed by atoms with van der Waals surface area (Å²) in [5, 5.41) is 2.66. The minimum absolute atomic E-state index is 0.111. The normalized spacial score (nSPS) is 10.4. The average molecular weight is 275 g/mol. The number of hydrogen-bond acceptors (Lipinski definition) is 4. The third-order valence-corrected chi connectivity index (χ3v) is 2.43. The first-order valence-corrected chi connectivity index (χ1v) is 6.10. The van der Waals surface area contributed by atoms with Gasteiger partial charge in [0.2, 0.25) is 5.91 Å². The van der Waals surface area contributed by atoms with Crippen molar-refractivity contribution in [3.63, 3.8) is 0 Å². The van der Waals surface area contributed by atoms with Gasteiger partial charge in [-0.3, -0.25) is 9.78 Å². The second kappa shape index (κ2) is 6.10. The zero-order valence-corrected chi connectivity index (χ0v) is 11.1. The molecule has 0 atom stereocenters. The van der Waals surface area contributed by atoms with Gasteiger partial charge >= 0.3 is 0 Å². The number of ether oxygens (including phenoxy) is 1. The summed E-state index contributed by atoms with van der Waals surface area (Å²) in [5.74, 6) is 0.446. The van der Waals surface area contributed by atoms with Crippen LogP contribution in [0.2, 0.25) is 0 Å². The molecule has 0 unspecified atom stereocenters. The molecule has 6 heteroatoms. The lowest BCUT2D eigenvalue weighted by Gasteiger charge is -2.08. The maximum Gasteiger partial charge on any atom is 0.228 e. The van der Waals surface area contributed by atoms with Crippen molar-refractivity contribution in [3.8, 4) is 11.5 Å². The smallest absolute Gasteiger partial charge is 0.228 e. The molecule has 0 aliphatic heterocycles. The first-order chi connectivity index (χ1) is 9.54. The standard InChI is InChI=1S/C14H14FN3O2/c1-9(2)14(19)18-13-4-3-11(8-17-13)20-12-5-10(15)6-16-7-12/h3-9H,1-2H3,(H,17,18,19). The first kappa shape index (κ1) is 13.9. The number of halogens is 1. The Hall–Kier alpha value is -2.50. The highest BCUT2D eigenvalue weighted by Crippen LogP contribution is 2.21. The minimum Gasteiger partial charge on any atom is -0.454 e. The fourth-order valence-electron chi connectivity index (χ4n) is 1.37. The lowest BCUT2D eigenvalue weighted by Crippen LogP contribution is -2.18. The molecule has 2 aromatic rings. The molecule has 0 bridgehead atoms.